The van der Waals surface area contributed by atoms with Gasteiger partial charge in [0, 0.05) is 11.6 Å². The number of hydrogen-bond donors (Lipinski definition) is 1. The summed E-state index contributed by atoms with van der Waals surface area (Å²) in [5.41, 5.74) is 2.75. The third kappa shape index (κ3) is 3.23. The maximum absolute atomic E-state index is 12.1. The molecule has 1 aromatic carbocycles. The molecule has 4 aromatic rings. The predicted molar refractivity (Wildman–Crippen MR) is 88.7 cm³/mol. The van der Waals surface area contributed by atoms with E-state index < -0.39 is 0 Å². The molecule has 0 saturated carbocycles. The molecule has 0 unspecified atom stereocenters. The summed E-state index contributed by atoms with van der Waals surface area (Å²) in [5, 5.41) is 15.7. The molecule has 3 aromatic heterocycles. The Balaban J connectivity index is 1.38. The largest absolute Gasteiger partial charge is 0.356 e. The lowest BCUT2D eigenvalue weighted by Crippen LogP contribution is -2.24. The molecule has 0 saturated heterocycles. The third-order valence-corrected chi connectivity index (χ3v) is 3.70. The molecule has 0 atom stereocenters. The number of fused-ring (bicyclic) bond motifs is 1. The molecule has 3 heterocycles. The van der Waals surface area contributed by atoms with Crippen LogP contribution in [0.15, 0.2) is 59.5 Å². The van der Waals surface area contributed by atoms with Crippen LogP contribution >= 0.6 is 0 Å². The van der Waals surface area contributed by atoms with Crippen molar-refractivity contribution in [1.82, 2.24) is 30.5 Å². The van der Waals surface area contributed by atoms with Crippen LogP contribution < -0.4 is 5.32 Å². The molecule has 0 radical (unpaired) electrons. The summed E-state index contributed by atoms with van der Waals surface area (Å²) in [5.74, 6) is -0.157. The Labute approximate surface area is 142 Å². The van der Waals surface area contributed by atoms with Crippen LogP contribution in [0.4, 0.5) is 0 Å². The lowest BCUT2D eigenvalue weighted by molar-refractivity contribution is -0.120. The average molecular weight is 334 g/mol. The van der Waals surface area contributed by atoms with Crippen molar-refractivity contribution >= 4 is 16.9 Å². The minimum Gasteiger partial charge on any atom is -0.356 e. The molecule has 8 nitrogen and oxygen atoms in total. The lowest BCUT2D eigenvalue weighted by Gasteiger charge is -2.01. The Kier molecular flexibility index (Phi) is 3.91. The number of carbonyl (C=O) groups excluding carboxylic acids is 1. The highest BCUT2D eigenvalue weighted by molar-refractivity contribution is 5.86. The fourth-order valence-electron chi connectivity index (χ4n) is 2.46. The number of benzene rings is 1. The number of pyridine rings is 1. The van der Waals surface area contributed by atoms with Crippen LogP contribution in [0.25, 0.3) is 16.7 Å². The van der Waals surface area contributed by atoms with Crippen molar-refractivity contribution in [3.8, 4) is 5.69 Å². The molecular formula is C17H14N6O2. The zero-order valence-corrected chi connectivity index (χ0v) is 13.2. The summed E-state index contributed by atoms with van der Waals surface area (Å²) in [6.45, 7) is 0.287. The predicted octanol–water partition coefficient (Wildman–Crippen LogP) is 1.66. The Morgan fingerprint density at radius 3 is 3.00 bits per heavy atom. The van der Waals surface area contributed by atoms with E-state index in [9.17, 15) is 4.79 Å². The van der Waals surface area contributed by atoms with Crippen LogP contribution in [0.1, 0.15) is 11.4 Å². The third-order valence-electron chi connectivity index (χ3n) is 3.70. The van der Waals surface area contributed by atoms with Crippen LogP contribution in [0.2, 0.25) is 0 Å². The van der Waals surface area contributed by atoms with Crippen molar-refractivity contribution in [1.29, 1.82) is 0 Å². The molecule has 124 valence electrons. The van der Waals surface area contributed by atoms with Crippen LogP contribution in [0.5, 0.6) is 0 Å². The SMILES string of the molecule is O=C(Cc1noc2ccccc12)NCc1cn(-c2cccnc2)nn1. The summed E-state index contributed by atoms with van der Waals surface area (Å²) in [6.07, 6.45) is 5.28. The van der Waals surface area contributed by atoms with E-state index in [2.05, 4.69) is 25.8 Å². The molecule has 0 spiro atoms. The first kappa shape index (κ1) is 15.0. The number of nitrogens with one attached hydrogen (secondary N) is 1. The molecule has 0 aliphatic heterocycles. The number of rotatable bonds is 5. The van der Waals surface area contributed by atoms with Gasteiger partial charge in [0.25, 0.3) is 0 Å². The Morgan fingerprint density at radius 1 is 1.20 bits per heavy atom. The van der Waals surface area contributed by atoms with Gasteiger partial charge in [0.05, 0.1) is 31.0 Å². The number of para-hydroxylation sites is 1. The molecule has 0 aliphatic rings. The highest BCUT2D eigenvalue weighted by atomic mass is 16.5. The second kappa shape index (κ2) is 6.52. The fraction of sp³-hybridized carbons (Fsp3) is 0.118. The van der Waals surface area contributed by atoms with Crippen LogP contribution in [0, 0.1) is 0 Å². The van der Waals surface area contributed by atoms with E-state index in [1.165, 1.54) is 0 Å². The van der Waals surface area contributed by atoms with Gasteiger partial charge in [-0.15, -0.1) is 5.10 Å². The van der Waals surface area contributed by atoms with E-state index in [0.29, 0.717) is 17.0 Å². The monoisotopic (exact) mass is 334 g/mol. The van der Waals surface area contributed by atoms with Gasteiger partial charge in [-0.05, 0) is 24.3 Å². The van der Waals surface area contributed by atoms with Crippen LogP contribution in [-0.2, 0) is 17.8 Å². The standard InChI is InChI=1S/C17H14N6O2/c24-17(8-15-14-5-1-2-6-16(14)25-21-15)19-9-12-11-23(22-20-12)13-4-3-7-18-10-13/h1-7,10-11H,8-9H2,(H,19,24). The Morgan fingerprint density at radius 2 is 2.12 bits per heavy atom. The minimum atomic E-state index is -0.157. The van der Waals surface area contributed by atoms with E-state index in [-0.39, 0.29) is 18.9 Å². The van der Waals surface area contributed by atoms with Crippen molar-refractivity contribution in [2.75, 3.05) is 0 Å². The highest BCUT2D eigenvalue weighted by Crippen LogP contribution is 2.18. The van der Waals surface area contributed by atoms with E-state index in [0.717, 1.165) is 11.1 Å². The molecule has 25 heavy (non-hydrogen) atoms. The van der Waals surface area contributed by atoms with Crippen molar-refractivity contribution in [3.63, 3.8) is 0 Å². The Bertz CT molecular complexity index is 1010. The van der Waals surface area contributed by atoms with E-state index >= 15 is 0 Å². The van der Waals surface area contributed by atoms with E-state index in [4.69, 9.17) is 4.52 Å². The quantitative estimate of drug-likeness (QED) is 0.596. The van der Waals surface area contributed by atoms with Gasteiger partial charge >= 0.3 is 0 Å². The zero-order valence-electron chi connectivity index (χ0n) is 13.2. The van der Waals surface area contributed by atoms with E-state index in [1.807, 2.05) is 36.4 Å². The number of hydrogen-bond acceptors (Lipinski definition) is 6. The summed E-state index contributed by atoms with van der Waals surface area (Å²) in [7, 11) is 0. The van der Waals surface area contributed by atoms with Crippen molar-refractivity contribution < 1.29 is 9.32 Å². The second-order valence-electron chi connectivity index (χ2n) is 5.44. The van der Waals surface area contributed by atoms with Crippen LogP contribution in [-0.4, -0.2) is 31.0 Å². The second-order valence-corrected chi connectivity index (χ2v) is 5.44. The van der Waals surface area contributed by atoms with Gasteiger partial charge in [-0.2, -0.15) is 0 Å². The van der Waals surface area contributed by atoms with Gasteiger partial charge in [0.2, 0.25) is 5.91 Å². The first-order chi connectivity index (χ1) is 12.3. The maximum atomic E-state index is 12.1. The fourth-order valence-corrected chi connectivity index (χ4v) is 2.46. The van der Waals surface area contributed by atoms with Gasteiger partial charge in [-0.3, -0.25) is 9.78 Å². The normalized spacial score (nSPS) is 10.9. The summed E-state index contributed by atoms with van der Waals surface area (Å²) < 4.78 is 6.81. The highest BCUT2D eigenvalue weighted by Gasteiger charge is 2.12. The molecule has 1 N–H and O–H groups in total. The topological polar surface area (TPSA) is 98.7 Å². The van der Waals surface area contributed by atoms with Crippen LogP contribution in [0.3, 0.4) is 0 Å². The molecule has 4 rings (SSSR count). The smallest absolute Gasteiger partial charge is 0.226 e. The molecule has 0 bridgehead atoms. The first-order valence-electron chi connectivity index (χ1n) is 7.71. The number of amides is 1. The van der Waals surface area contributed by atoms with Gasteiger partial charge < -0.3 is 9.84 Å². The summed E-state index contributed by atoms with van der Waals surface area (Å²) >= 11 is 0. The summed E-state index contributed by atoms with van der Waals surface area (Å²) in [4.78, 5) is 16.2. The molecule has 8 heteroatoms. The molecule has 0 aliphatic carbocycles. The van der Waals surface area contributed by atoms with Gasteiger partial charge in [-0.1, -0.05) is 22.5 Å². The first-order valence-corrected chi connectivity index (χ1v) is 7.71. The average Bonchev–Trinajstić information content (AvgIpc) is 3.28. The number of nitrogens with zero attached hydrogens (tertiary/aromatic N) is 5. The Hall–Kier alpha value is -3.55. The van der Waals surface area contributed by atoms with Gasteiger partial charge in [-0.25, -0.2) is 4.68 Å². The van der Waals surface area contributed by atoms with Crippen molar-refractivity contribution in [3.05, 3.63) is 66.4 Å². The van der Waals surface area contributed by atoms with Crippen molar-refractivity contribution in [2.45, 2.75) is 13.0 Å². The van der Waals surface area contributed by atoms with Gasteiger partial charge in [0.1, 0.15) is 11.4 Å². The number of carbonyl (C=O) groups is 1. The maximum Gasteiger partial charge on any atom is 0.226 e. The zero-order chi connectivity index (χ0) is 17.1. The number of aromatic nitrogens is 5. The van der Waals surface area contributed by atoms with E-state index in [1.54, 1.807) is 23.3 Å². The molecular weight excluding hydrogens is 320 g/mol. The lowest BCUT2D eigenvalue weighted by atomic mass is 10.1. The molecule has 0 fully saturated rings. The minimum absolute atomic E-state index is 0.147. The van der Waals surface area contributed by atoms with Gasteiger partial charge in [0.15, 0.2) is 5.58 Å². The van der Waals surface area contributed by atoms with Crippen molar-refractivity contribution in [2.24, 2.45) is 0 Å². The summed E-state index contributed by atoms with van der Waals surface area (Å²) in [6, 6.07) is 11.1. The molecule has 1 amide bonds.